The molecular weight excluding hydrogens is 416 g/mol. The Labute approximate surface area is 183 Å². The van der Waals surface area contributed by atoms with Crippen LogP contribution in [0.15, 0.2) is 48.8 Å². The van der Waals surface area contributed by atoms with E-state index in [1.807, 2.05) is 30.3 Å². The predicted molar refractivity (Wildman–Crippen MR) is 118 cm³/mol. The zero-order chi connectivity index (χ0) is 21.4. The summed E-state index contributed by atoms with van der Waals surface area (Å²) in [6.45, 7) is 1.11. The van der Waals surface area contributed by atoms with E-state index in [1.54, 1.807) is 17.3 Å². The van der Waals surface area contributed by atoms with E-state index in [0.717, 1.165) is 45.4 Å². The first-order chi connectivity index (χ1) is 15.1. The second-order valence-corrected chi connectivity index (χ2v) is 7.75. The molecule has 5 rings (SSSR count). The van der Waals surface area contributed by atoms with Gasteiger partial charge < -0.3 is 15.0 Å². The van der Waals surface area contributed by atoms with Crippen LogP contribution in [0.25, 0.3) is 22.2 Å². The largest absolute Gasteiger partial charge is 0.467 e. The molecule has 2 N–H and O–H groups in total. The summed E-state index contributed by atoms with van der Waals surface area (Å²) < 4.78 is 5.03. The van der Waals surface area contributed by atoms with Crippen LogP contribution in [0, 0.1) is 0 Å². The molecule has 2 aromatic heterocycles. The standard InChI is InChI=1S/C22H19ClN6O2/c1-31-21-24-10-15(11-25-21)20-17-8-14-12-29(6-5-13-3-2-4-16(23)7-13)22(30)26-18(14)9-19(17)27-28-20/h2-4,7-11H,5-6,12H2,1H3,(H,26,30)(H,27,28). The highest BCUT2D eigenvalue weighted by Crippen LogP contribution is 2.33. The number of carbonyl (C=O) groups excluding carboxylic acids is 1. The van der Waals surface area contributed by atoms with E-state index in [-0.39, 0.29) is 6.03 Å². The Hall–Kier alpha value is -3.65. The van der Waals surface area contributed by atoms with Gasteiger partial charge in [-0.1, -0.05) is 23.7 Å². The van der Waals surface area contributed by atoms with Crippen LogP contribution >= 0.6 is 11.6 Å². The monoisotopic (exact) mass is 434 g/mol. The van der Waals surface area contributed by atoms with Crippen LogP contribution in [0.4, 0.5) is 10.5 Å². The molecule has 1 aliphatic rings. The molecule has 9 heteroatoms. The number of fused-ring (bicyclic) bond motifs is 2. The van der Waals surface area contributed by atoms with Gasteiger partial charge in [0.25, 0.3) is 0 Å². The van der Waals surface area contributed by atoms with Gasteiger partial charge in [0.1, 0.15) is 5.69 Å². The summed E-state index contributed by atoms with van der Waals surface area (Å²) in [6.07, 6.45) is 4.09. The van der Waals surface area contributed by atoms with Crippen LogP contribution in [-0.2, 0) is 13.0 Å². The molecule has 0 bridgehead atoms. The number of carbonyl (C=O) groups is 1. The third kappa shape index (κ3) is 3.77. The molecule has 31 heavy (non-hydrogen) atoms. The smallest absolute Gasteiger partial charge is 0.322 e. The first-order valence-electron chi connectivity index (χ1n) is 9.78. The fourth-order valence-electron chi connectivity index (χ4n) is 3.73. The van der Waals surface area contributed by atoms with Crippen molar-refractivity contribution < 1.29 is 9.53 Å². The number of benzene rings is 2. The Morgan fingerprint density at radius 1 is 1.19 bits per heavy atom. The maximum Gasteiger partial charge on any atom is 0.322 e. The zero-order valence-electron chi connectivity index (χ0n) is 16.7. The van der Waals surface area contributed by atoms with Crippen molar-refractivity contribution in [3.63, 3.8) is 0 Å². The lowest BCUT2D eigenvalue weighted by Gasteiger charge is -2.29. The molecule has 2 amide bonds. The van der Waals surface area contributed by atoms with Crippen molar-refractivity contribution in [1.29, 1.82) is 0 Å². The van der Waals surface area contributed by atoms with Crippen LogP contribution in [0.1, 0.15) is 11.1 Å². The Balaban J connectivity index is 1.41. The normalized spacial score (nSPS) is 13.2. The molecule has 156 valence electrons. The van der Waals surface area contributed by atoms with Crippen molar-refractivity contribution in [2.45, 2.75) is 13.0 Å². The fraction of sp³-hybridized carbons (Fsp3) is 0.182. The summed E-state index contributed by atoms with van der Waals surface area (Å²) in [5.74, 6) is 0. The molecule has 0 spiro atoms. The van der Waals surface area contributed by atoms with Gasteiger partial charge in [-0.25, -0.2) is 14.8 Å². The minimum atomic E-state index is -0.114. The molecule has 0 saturated heterocycles. The number of nitrogens with zero attached hydrogens (tertiary/aromatic N) is 4. The maximum atomic E-state index is 12.6. The third-order valence-electron chi connectivity index (χ3n) is 5.32. The van der Waals surface area contributed by atoms with E-state index in [9.17, 15) is 4.79 Å². The number of halogens is 1. The van der Waals surface area contributed by atoms with E-state index in [4.69, 9.17) is 16.3 Å². The molecule has 0 fully saturated rings. The van der Waals surface area contributed by atoms with Crippen LogP contribution in [0.5, 0.6) is 6.01 Å². The molecule has 0 radical (unpaired) electrons. The minimum Gasteiger partial charge on any atom is -0.467 e. The van der Waals surface area contributed by atoms with Gasteiger partial charge >= 0.3 is 12.0 Å². The van der Waals surface area contributed by atoms with Gasteiger partial charge in [-0.05, 0) is 41.8 Å². The minimum absolute atomic E-state index is 0.114. The zero-order valence-corrected chi connectivity index (χ0v) is 17.5. The molecule has 4 aromatic rings. The first kappa shape index (κ1) is 19.3. The molecule has 1 aliphatic heterocycles. The SMILES string of the molecule is COc1ncc(-c2n[nH]c3cc4c(cc23)CN(CCc2cccc(Cl)c2)C(=O)N4)cn1. The van der Waals surface area contributed by atoms with Gasteiger partial charge in [0.15, 0.2) is 0 Å². The summed E-state index contributed by atoms with van der Waals surface area (Å²) in [5.41, 5.74) is 5.27. The van der Waals surface area contributed by atoms with Crippen LogP contribution in [0.2, 0.25) is 5.02 Å². The number of aromatic nitrogens is 4. The molecule has 0 saturated carbocycles. The number of nitrogens with one attached hydrogen (secondary N) is 2. The number of urea groups is 1. The summed E-state index contributed by atoms with van der Waals surface area (Å²) >= 11 is 6.07. The second kappa shape index (κ2) is 7.88. The van der Waals surface area contributed by atoms with Crippen molar-refractivity contribution in [3.05, 3.63) is 64.9 Å². The van der Waals surface area contributed by atoms with Crippen LogP contribution in [0.3, 0.4) is 0 Å². The molecule has 0 aliphatic carbocycles. The highest BCUT2D eigenvalue weighted by atomic mass is 35.5. The lowest BCUT2D eigenvalue weighted by molar-refractivity contribution is 0.207. The highest BCUT2D eigenvalue weighted by molar-refractivity contribution is 6.30. The van der Waals surface area contributed by atoms with Crippen molar-refractivity contribution in [3.8, 4) is 17.3 Å². The fourth-order valence-corrected chi connectivity index (χ4v) is 3.94. The number of H-pyrrole nitrogens is 1. The number of anilines is 1. The Morgan fingerprint density at radius 2 is 2.03 bits per heavy atom. The molecule has 8 nitrogen and oxygen atoms in total. The van der Waals surface area contributed by atoms with Crippen LogP contribution < -0.4 is 10.1 Å². The third-order valence-corrected chi connectivity index (χ3v) is 5.56. The molecule has 3 heterocycles. The predicted octanol–water partition coefficient (Wildman–Crippen LogP) is 4.27. The summed E-state index contributed by atoms with van der Waals surface area (Å²) in [6, 6.07) is 11.9. The summed E-state index contributed by atoms with van der Waals surface area (Å²) in [7, 11) is 1.53. The van der Waals surface area contributed by atoms with E-state index in [1.165, 1.54) is 7.11 Å². The number of hydrogen-bond donors (Lipinski definition) is 2. The number of methoxy groups -OCH3 is 1. The van der Waals surface area contributed by atoms with Crippen molar-refractivity contribution >= 4 is 34.2 Å². The van der Waals surface area contributed by atoms with Crippen molar-refractivity contribution in [1.82, 2.24) is 25.1 Å². The Kier molecular flexibility index (Phi) is 4.91. The second-order valence-electron chi connectivity index (χ2n) is 7.32. The average Bonchev–Trinajstić information content (AvgIpc) is 3.19. The van der Waals surface area contributed by atoms with Gasteiger partial charge in [0, 0.05) is 47.1 Å². The Morgan fingerprint density at radius 3 is 2.81 bits per heavy atom. The number of aromatic amines is 1. The molecular formula is C22H19ClN6O2. The topological polar surface area (TPSA) is 96.0 Å². The van der Waals surface area contributed by atoms with E-state index in [2.05, 4.69) is 31.5 Å². The maximum absolute atomic E-state index is 12.6. The quantitative estimate of drug-likeness (QED) is 0.489. The summed E-state index contributed by atoms with van der Waals surface area (Å²) in [4.78, 5) is 22.7. The first-order valence-corrected chi connectivity index (χ1v) is 10.2. The van der Waals surface area contributed by atoms with Gasteiger partial charge in [-0.15, -0.1) is 0 Å². The van der Waals surface area contributed by atoms with E-state index in [0.29, 0.717) is 24.1 Å². The molecule has 2 aromatic carbocycles. The van der Waals surface area contributed by atoms with Gasteiger partial charge in [0.05, 0.1) is 12.6 Å². The lowest BCUT2D eigenvalue weighted by Crippen LogP contribution is -2.39. The van der Waals surface area contributed by atoms with Crippen molar-refractivity contribution in [2.24, 2.45) is 0 Å². The number of rotatable bonds is 5. The highest BCUT2D eigenvalue weighted by Gasteiger charge is 2.24. The van der Waals surface area contributed by atoms with Crippen molar-refractivity contribution in [2.75, 3.05) is 19.0 Å². The molecule has 0 unspecified atom stereocenters. The lowest BCUT2D eigenvalue weighted by atomic mass is 10.0. The number of amides is 2. The van der Waals surface area contributed by atoms with Crippen LogP contribution in [-0.4, -0.2) is 44.8 Å². The molecule has 0 atom stereocenters. The summed E-state index contributed by atoms with van der Waals surface area (Å²) in [5, 5.41) is 12.1. The number of ether oxygens (including phenoxy) is 1. The Bertz CT molecular complexity index is 1270. The van der Waals surface area contributed by atoms with Gasteiger partial charge in [-0.2, -0.15) is 5.10 Å². The number of hydrogen-bond acceptors (Lipinski definition) is 5. The van der Waals surface area contributed by atoms with E-state index < -0.39 is 0 Å². The van der Waals surface area contributed by atoms with Gasteiger partial charge in [0.2, 0.25) is 0 Å². The average molecular weight is 435 g/mol. The van der Waals surface area contributed by atoms with Gasteiger partial charge in [-0.3, -0.25) is 5.10 Å². The van der Waals surface area contributed by atoms with E-state index >= 15 is 0 Å².